The lowest BCUT2D eigenvalue weighted by Crippen LogP contribution is -2.42. The lowest BCUT2D eigenvalue weighted by molar-refractivity contribution is 0.0868. The summed E-state index contributed by atoms with van der Waals surface area (Å²) in [5.74, 6) is 0. The molecule has 0 aliphatic carbocycles. The zero-order chi connectivity index (χ0) is 18.2. The maximum atomic E-state index is 9.70. The standard InChI is InChI=1S/C22H30N2O2/c25-15-14-24(16-19-8-3-1-4-9-19)22(20-10-5-2-6-11-20)17-23-13-7-12-21(23)18-26/h1-6,8-11,21-22,25-26H,7,12-18H2/t21-,22-/m0/s1. The Hall–Kier alpha value is -1.72. The third-order valence-electron chi connectivity index (χ3n) is 5.36. The first-order valence-electron chi connectivity index (χ1n) is 9.60. The van der Waals surface area contributed by atoms with E-state index >= 15 is 0 Å². The second-order valence-electron chi connectivity index (χ2n) is 7.08. The summed E-state index contributed by atoms with van der Waals surface area (Å²) < 4.78 is 0. The van der Waals surface area contributed by atoms with Crippen molar-refractivity contribution in [2.75, 3.05) is 32.8 Å². The number of aliphatic hydroxyl groups excluding tert-OH is 2. The van der Waals surface area contributed by atoms with E-state index in [-0.39, 0.29) is 25.3 Å². The van der Waals surface area contributed by atoms with Crippen molar-refractivity contribution >= 4 is 0 Å². The minimum atomic E-state index is 0.138. The van der Waals surface area contributed by atoms with Crippen LogP contribution in [-0.4, -0.2) is 58.9 Å². The average molecular weight is 354 g/mol. The number of aliphatic hydroxyl groups is 2. The number of hydrogen-bond donors (Lipinski definition) is 2. The highest BCUT2D eigenvalue weighted by Gasteiger charge is 2.29. The van der Waals surface area contributed by atoms with Crippen LogP contribution in [0, 0.1) is 0 Å². The summed E-state index contributed by atoms with van der Waals surface area (Å²) in [6, 6.07) is 21.4. The molecule has 1 fully saturated rings. The Morgan fingerprint density at radius 2 is 1.69 bits per heavy atom. The van der Waals surface area contributed by atoms with E-state index in [0.717, 1.165) is 32.5 Å². The van der Waals surface area contributed by atoms with Crippen LogP contribution in [0.4, 0.5) is 0 Å². The van der Waals surface area contributed by atoms with Gasteiger partial charge in [0.2, 0.25) is 0 Å². The van der Waals surface area contributed by atoms with Crippen molar-refractivity contribution in [3.63, 3.8) is 0 Å². The molecule has 0 radical (unpaired) electrons. The quantitative estimate of drug-likeness (QED) is 0.727. The minimum Gasteiger partial charge on any atom is -0.395 e. The van der Waals surface area contributed by atoms with Crippen molar-refractivity contribution in [2.45, 2.75) is 31.5 Å². The van der Waals surface area contributed by atoms with Crippen molar-refractivity contribution in [1.29, 1.82) is 0 Å². The van der Waals surface area contributed by atoms with Crippen LogP contribution in [0.5, 0.6) is 0 Å². The molecule has 0 bridgehead atoms. The zero-order valence-electron chi connectivity index (χ0n) is 15.4. The highest BCUT2D eigenvalue weighted by molar-refractivity contribution is 5.21. The second kappa shape index (κ2) is 9.83. The van der Waals surface area contributed by atoms with Crippen molar-refractivity contribution in [3.05, 3.63) is 71.8 Å². The SMILES string of the molecule is OCCN(Cc1ccccc1)[C@@H](CN1CCC[C@H]1CO)c1ccccc1. The Labute approximate surface area is 156 Å². The van der Waals surface area contributed by atoms with Crippen LogP contribution in [0.25, 0.3) is 0 Å². The van der Waals surface area contributed by atoms with Crippen molar-refractivity contribution in [3.8, 4) is 0 Å². The fourth-order valence-corrected chi connectivity index (χ4v) is 3.96. The van der Waals surface area contributed by atoms with Gasteiger partial charge in [0.25, 0.3) is 0 Å². The van der Waals surface area contributed by atoms with E-state index < -0.39 is 0 Å². The fraction of sp³-hybridized carbons (Fsp3) is 0.455. The lowest BCUT2D eigenvalue weighted by atomic mass is 10.0. The summed E-state index contributed by atoms with van der Waals surface area (Å²) in [6.07, 6.45) is 2.21. The molecule has 0 unspecified atom stereocenters. The molecule has 1 aliphatic heterocycles. The summed E-state index contributed by atoms with van der Waals surface area (Å²) >= 11 is 0. The molecule has 2 N–H and O–H groups in total. The number of rotatable bonds is 9. The zero-order valence-corrected chi connectivity index (χ0v) is 15.4. The topological polar surface area (TPSA) is 46.9 Å². The van der Waals surface area contributed by atoms with Gasteiger partial charge in [0, 0.05) is 31.7 Å². The Morgan fingerprint density at radius 3 is 2.35 bits per heavy atom. The highest BCUT2D eigenvalue weighted by Crippen LogP contribution is 2.27. The molecule has 2 atom stereocenters. The van der Waals surface area contributed by atoms with Crippen LogP contribution in [0.15, 0.2) is 60.7 Å². The number of nitrogens with zero attached hydrogens (tertiary/aromatic N) is 2. The predicted molar refractivity (Wildman–Crippen MR) is 105 cm³/mol. The highest BCUT2D eigenvalue weighted by atomic mass is 16.3. The smallest absolute Gasteiger partial charge is 0.0586 e. The van der Waals surface area contributed by atoms with Crippen molar-refractivity contribution in [2.24, 2.45) is 0 Å². The predicted octanol–water partition coefficient (Wildman–Crippen LogP) is 2.68. The number of hydrogen-bond acceptors (Lipinski definition) is 4. The molecule has 2 aromatic rings. The Balaban J connectivity index is 1.84. The molecule has 0 spiro atoms. The van der Waals surface area contributed by atoms with Crippen LogP contribution < -0.4 is 0 Å². The molecule has 4 nitrogen and oxygen atoms in total. The Kier molecular flexibility index (Phi) is 7.21. The summed E-state index contributed by atoms with van der Waals surface area (Å²) in [7, 11) is 0. The first-order chi connectivity index (χ1) is 12.8. The molecule has 3 rings (SSSR count). The molecule has 4 heteroatoms. The third kappa shape index (κ3) is 4.92. The number of benzene rings is 2. The Morgan fingerprint density at radius 1 is 1.00 bits per heavy atom. The van der Waals surface area contributed by atoms with E-state index in [1.165, 1.54) is 11.1 Å². The van der Waals surface area contributed by atoms with Gasteiger partial charge in [0.15, 0.2) is 0 Å². The van der Waals surface area contributed by atoms with Crippen molar-refractivity contribution < 1.29 is 10.2 Å². The average Bonchev–Trinajstić information content (AvgIpc) is 3.14. The van der Waals surface area contributed by atoms with Gasteiger partial charge in [0.1, 0.15) is 0 Å². The van der Waals surface area contributed by atoms with Gasteiger partial charge >= 0.3 is 0 Å². The summed E-state index contributed by atoms with van der Waals surface area (Å²) in [6.45, 7) is 3.71. The van der Waals surface area contributed by atoms with Gasteiger partial charge in [-0.05, 0) is 30.5 Å². The molecule has 1 heterocycles. The van der Waals surface area contributed by atoms with Gasteiger partial charge in [-0.15, -0.1) is 0 Å². The van der Waals surface area contributed by atoms with Crippen LogP contribution in [0.2, 0.25) is 0 Å². The van der Waals surface area contributed by atoms with E-state index in [0.29, 0.717) is 6.54 Å². The van der Waals surface area contributed by atoms with E-state index in [2.05, 4.69) is 58.3 Å². The minimum absolute atomic E-state index is 0.138. The summed E-state index contributed by atoms with van der Waals surface area (Å²) in [4.78, 5) is 4.77. The first-order valence-corrected chi connectivity index (χ1v) is 9.60. The molecular weight excluding hydrogens is 324 g/mol. The molecule has 0 amide bonds. The van der Waals surface area contributed by atoms with Crippen LogP contribution in [-0.2, 0) is 6.54 Å². The van der Waals surface area contributed by atoms with Crippen LogP contribution >= 0.6 is 0 Å². The van der Waals surface area contributed by atoms with Crippen LogP contribution in [0.1, 0.15) is 30.0 Å². The molecule has 140 valence electrons. The molecular formula is C22H30N2O2. The fourth-order valence-electron chi connectivity index (χ4n) is 3.96. The van der Waals surface area contributed by atoms with Gasteiger partial charge in [-0.3, -0.25) is 9.80 Å². The van der Waals surface area contributed by atoms with E-state index in [9.17, 15) is 10.2 Å². The van der Waals surface area contributed by atoms with Gasteiger partial charge < -0.3 is 10.2 Å². The molecule has 1 aliphatic rings. The van der Waals surface area contributed by atoms with Gasteiger partial charge in [-0.2, -0.15) is 0 Å². The third-order valence-corrected chi connectivity index (χ3v) is 5.36. The normalized spacial score (nSPS) is 19.1. The lowest BCUT2D eigenvalue weighted by Gasteiger charge is -2.36. The van der Waals surface area contributed by atoms with E-state index in [4.69, 9.17) is 0 Å². The summed E-state index contributed by atoms with van der Waals surface area (Å²) in [5, 5.41) is 19.4. The largest absolute Gasteiger partial charge is 0.395 e. The molecule has 26 heavy (non-hydrogen) atoms. The van der Waals surface area contributed by atoms with Gasteiger partial charge in [-0.25, -0.2) is 0 Å². The molecule has 1 saturated heterocycles. The Bertz CT molecular complexity index is 635. The van der Waals surface area contributed by atoms with Gasteiger partial charge in [0.05, 0.1) is 13.2 Å². The molecule has 2 aromatic carbocycles. The monoisotopic (exact) mass is 354 g/mol. The summed E-state index contributed by atoms with van der Waals surface area (Å²) in [5.41, 5.74) is 2.52. The number of likely N-dealkylation sites (tertiary alicyclic amines) is 1. The van der Waals surface area contributed by atoms with E-state index in [1.54, 1.807) is 0 Å². The van der Waals surface area contributed by atoms with E-state index in [1.807, 2.05) is 12.1 Å². The van der Waals surface area contributed by atoms with Crippen molar-refractivity contribution in [1.82, 2.24) is 9.80 Å². The molecule has 0 aromatic heterocycles. The maximum Gasteiger partial charge on any atom is 0.0586 e. The van der Waals surface area contributed by atoms with Gasteiger partial charge in [-0.1, -0.05) is 60.7 Å². The first kappa shape index (κ1) is 19.1. The second-order valence-corrected chi connectivity index (χ2v) is 7.08. The van der Waals surface area contributed by atoms with Crippen LogP contribution in [0.3, 0.4) is 0 Å². The maximum absolute atomic E-state index is 9.70. The molecule has 0 saturated carbocycles.